The van der Waals surface area contributed by atoms with E-state index >= 15 is 0 Å². The Morgan fingerprint density at radius 3 is 2.55 bits per heavy atom. The van der Waals surface area contributed by atoms with E-state index in [0.717, 1.165) is 54.2 Å². The Balaban J connectivity index is 1.77. The molecular formula is C22H26ClN5O. The summed E-state index contributed by atoms with van der Waals surface area (Å²) in [5, 5.41) is 17.3. The average molecular weight is 412 g/mol. The molecule has 0 atom stereocenters. The monoisotopic (exact) mass is 411 g/mol. The van der Waals surface area contributed by atoms with Crippen molar-refractivity contribution >= 4 is 17.3 Å². The maximum absolute atomic E-state index is 6.37. The van der Waals surface area contributed by atoms with Crippen LogP contribution in [-0.2, 0) is 5.54 Å². The van der Waals surface area contributed by atoms with Crippen LogP contribution in [0.15, 0.2) is 42.5 Å². The summed E-state index contributed by atoms with van der Waals surface area (Å²) in [4.78, 5) is 0. The van der Waals surface area contributed by atoms with Crippen molar-refractivity contribution in [3.05, 3.63) is 58.9 Å². The van der Waals surface area contributed by atoms with Gasteiger partial charge in [0, 0.05) is 10.7 Å². The fourth-order valence-corrected chi connectivity index (χ4v) is 4.25. The summed E-state index contributed by atoms with van der Waals surface area (Å²) in [6, 6.07) is 13.8. The van der Waals surface area contributed by atoms with Crippen LogP contribution in [0.25, 0.3) is 5.69 Å². The molecule has 1 aliphatic rings. The van der Waals surface area contributed by atoms with Crippen molar-refractivity contribution in [2.75, 3.05) is 12.4 Å². The highest BCUT2D eigenvalue weighted by atomic mass is 35.5. The van der Waals surface area contributed by atoms with Gasteiger partial charge in [-0.3, -0.25) is 0 Å². The lowest BCUT2D eigenvalue weighted by Gasteiger charge is -2.39. The van der Waals surface area contributed by atoms with E-state index in [4.69, 9.17) is 16.3 Å². The van der Waals surface area contributed by atoms with E-state index in [9.17, 15) is 0 Å². The quantitative estimate of drug-likeness (QED) is 0.628. The minimum atomic E-state index is -0.348. The third-order valence-corrected chi connectivity index (χ3v) is 6.38. The number of nitrogens with zero attached hydrogens (tertiary/aromatic N) is 4. The van der Waals surface area contributed by atoms with Crippen molar-refractivity contribution in [2.45, 2.75) is 45.1 Å². The number of aromatic nitrogens is 4. The highest BCUT2D eigenvalue weighted by Crippen LogP contribution is 2.42. The predicted molar refractivity (Wildman–Crippen MR) is 115 cm³/mol. The molecule has 3 aromatic rings. The Hall–Kier alpha value is -2.60. The minimum absolute atomic E-state index is 0.348. The van der Waals surface area contributed by atoms with Gasteiger partial charge in [0.25, 0.3) is 0 Å². The molecule has 0 aliphatic heterocycles. The Labute approximate surface area is 176 Å². The van der Waals surface area contributed by atoms with Gasteiger partial charge < -0.3 is 10.1 Å². The van der Waals surface area contributed by atoms with Crippen molar-refractivity contribution in [2.24, 2.45) is 5.92 Å². The second kappa shape index (κ2) is 8.03. The van der Waals surface area contributed by atoms with E-state index in [0.29, 0.717) is 10.9 Å². The van der Waals surface area contributed by atoms with Crippen molar-refractivity contribution in [1.82, 2.24) is 20.2 Å². The van der Waals surface area contributed by atoms with Gasteiger partial charge in [-0.2, -0.15) is 4.68 Å². The number of methoxy groups -OCH3 is 1. The number of rotatable bonds is 5. The normalized spacial score (nSPS) is 21.7. The van der Waals surface area contributed by atoms with E-state index in [2.05, 4.69) is 27.8 Å². The number of halogens is 1. The van der Waals surface area contributed by atoms with Gasteiger partial charge in [0.15, 0.2) is 5.82 Å². The molecule has 29 heavy (non-hydrogen) atoms. The maximum Gasteiger partial charge on any atom is 0.181 e. The molecule has 1 fully saturated rings. The van der Waals surface area contributed by atoms with Gasteiger partial charge in [-0.15, -0.1) is 5.10 Å². The number of ether oxygens (including phenoxy) is 1. The zero-order chi connectivity index (χ0) is 20.4. The summed E-state index contributed by atoms with van der Waals surface area (Å²) in [6.07, 6.45) is 4.15. The van der Waals surface area contributed by atoms with E-state index in [1.54, 1.807) is 7.11 Å². The van der Waals surface area contributed by atoms with Gasteiger partial charge in [0.05, 0.1) is 18.3 Å². The van der Waals surface area contributed by atoms with Gasteiger partial charge in [-0.1, -0.05) is 24.6 Å². The Morgan fingerprint density at radius 1 is 1.14 bits per heavy atom. The first-order valence-electron chi connectivity index (χ1n) is 9.99. The van der Waals surface area contributed by atoms with Crippen LogP contribution in [-0.4, -0.2) is 27.3 Å². The van der Waals surface area contributed by atoms with Crippen LogP contribution in [0.2, 0.25) is 5.02 Å². The zero-order valence-electron chi connectivity index (χ0n) is 17.0. The summed E-state index contributed by atoms with van der Waals surface area (Å²) in [5.74, 6) is 2.35. The molecule has 1 aromatic heterocycles. The zero-order valence-corrected chi connectivity index (χ0v) is 17.8. The molecule has 1 aliphatic carbocycles. The van der Waals surface area contributed by atoms with E-state index in [1.165, 1.54) is 0 Å². The summed E-state index contributed by atoms with van der Waals surface area (Å²) >= 11 is 6.37. The third-order valence-electron chi connectivity index (χ3n) is 5.97. The van der Waals surface area contributed by atoms with E-state index < -0.39 is 0 Å². The van der Waals surface area contributed by atoms with E-state index in [-0.39, 0.29) is 5.54 Å². The number of nitrogens with one attached hydrogen (secondary N) is 1. The molecule has 0 radical (unpaired) electrons. The summed E-state index contributed by atoms with van der Waals surface area (Å²) in [5.41, 5.74) is 2.55. The first-order valence-corrected chi connectivity index (χ1v) is 10.4. The number of hydrogen-bond donors (Lipinski definition) is 1. The van der Waals surface area contributed by atoms with Crippen molar-refractivity contribution in [3.63, 3.8) is 0 Å². The molecule has 1 N–H and O–H groups in total. The molecule has 6 nitrogen and oxygen atoms in total. The lowest BCUT2D eigenvalue weighted by Crippen LogP contribution is -2.41. The summed E-state index contributed by atoms with van der Waals surface area (Å²) in [6.45, 7) is 4.30. The first kappa shape index (κ1) is 19.7. The molecule has 0 bridgehead atoms. The number of hydrogen-bond acceptors (Lipinski definition) is 5. The van der Waals surface area contributed by atoms with Crippen LogP contribution in [0.4, 0.5) is 5.69 Å². The molecular weight excluding hydrogens is 386 g/mol. The Morgan fingerprint density at radius 2 is 1.86 bits per heavy atom. The predicted octanol–water partition coefficient (Wildman–Crippen LogP) is 5.15. The standard InChI is InChI=1S/C22H26ClN5O/c1-15-11-13-22(14-12-15,24-17-7-9-18(29-3)10-8-17)21-25-26-27-28(21)20-6-4-5-19(23)16(20)2/h4-10,15,24H,11-14H2,1-3H3. The second-order valence-electron chi connectivity index (χ2n) is 7.92. The van der Waals surface area contributed by atoms with Gasteiger partial charge in [-0.05, 0) is 90.9 Å². The highest BCUT2D eigenvalue weighted by molar-refractivity contribution is 6.31. The van der Waals surface area contributed by atoms with Crippen LogP contribution in [0.5, 0.6) is 5.75 Å². The summed E-state index contributed by atoms with van der Waals surface area (Å²) < 4.78 is 7.14. The molecule has 4 rings (SSSR count). The van der Waals surface area contributed by atoms with Crippen molar-refractivity contribution < 1.29 is 4.74 Å². The van der Waals surface area contributed by atoms with Gasteiger partial charge in [0.1, 0.15) is 5.75 Å². The van der Waals surface area contributed by atoms with Crippen LogP contribution < -0.4 is 10.1 Å². The SMILES string of the molecule is COc1ccc(NC2(c3nnnn3-c3cccc(Cl)c3C)CCC(C)CC2)cc1. The molecule has 0 saturated heterocycles. The van der Waals surface area contributed by atoms with Crippen LogP contribution in [0.1, 0.15) is 44.0 Å². The largest absolute Gasteiger partial charge is 0.497 e. The lowest BCUT2D eigenvalue weighted by molar-refractivity contribution is 0.255. The number of anilines is 1. The van der Waals surface area contributed by atoms with Gasteiger partial charge in [-0.25, -0.2) is 0 Å². The van der Waals surface area contributed by atoms with Crippen LogP contribution >= 0.6 is 11.6 Å². The highest BCUT2D eigenvalue weighted by Gasteiger charge is 2.41. The fraction of sp³-hybridized carbons (Fsp3) is 0.409. The molecule has 0 unspecified atom stereocenters. The summed E-state index contributed by atoms with van der Waals surface area (Å²) in [7, 11) is 1.67. The van der Waals surface area contributed by atoms with Gasteiger partial charge >= 0.3 is 0 Å². The van der Waals surface area contributed by atoms with Crippen molar-refractivity contribution in [1.29, 1.82) is 0 Å². The van der Waals surface area contributed by atoms with Crippen molar-refractivity contribution in [3.8, 4) is 11.4 Å². The first-order chi connectivity index (χ1) is 14.0. The molecule has 1 saturated carbocycles. The van der Waals surface area contributed by atoms with Crippen LogP contribution in [0, 0.1) is 12.8 Å². The van der Waals surface area contributed by atoms with Gasteiger partial charge in [0.2, 0.25) is 0 Å². The molecule has 0 spiro atoms. The molecule has 7 heteroatoms. The number of benzene rings is 2. The average Bonchev–Trinajstić information content (AvgIpc) is 3.23. The fourth-order valence-electron chi connectivity index (χ4n) is 4.08. The van der Waals surface area contributed by atoms with Crippen LogP contribution in [0.3, 0.4) is 0 Å². The maximum atomic E-state index is 6.37. The lowest BCUT2D eigenvalue weighted by atomic mass is 9.76. The molecule has 1 heterocycles. The molecule has 2 aromatic carbocycles. The minimum Gasteiger partial charge on any atom is -0.497 e. The smallest absolute Gasteiger partial charge is 0.181 e. The Bertz CT molecular complexity index is 977. The molecule has 152 valence electrons. The topological polar surface area (TPSA) is 64.9 Å². The third kappa shape index (κ3) is 3.81. The Kier molecular flexibility index (Phi) is 5.46. The molecule has 0 amide bonds. The second-order valence-corrected chi connectivity index (χ2v) is 8.32. The van der Waals surface area contributed by atoms with E-state index in [1.807, 2.05) is 54.1 Å². The number of tetrazole rings is 1.